The van der Waals surface area contributed by atoms with E-state index in [0.717, 1.165) is 11.8 Å². The zero-order valence-corrected chi connectivity index (χ0v) is 17.5. The molecule has 0 spiro atoms. The van der Waals surface area contributed by atoms with Crippen LogP contribution in [0.25, 0.3) is 0 Å². The molecule has 5 nitrogen and oxygen atoms in total. The molecule has 0 aliphatic carbocycles. The van der Waals surface area contributed by atoms with Crippen molar-refractivity contribution in [3.63, 3.8) is 0 Å². The molecule has 146 valence electrons. The molecule has 0 radical (unpaired) electrons. The van der Waals surface area contributed by atoms with E-state index in [1.165, 1.54) is 4.31 Å². The molecule has 8 heteroatoms. The first-order valence-electron chi connectivity index (χ1n) is 8.43. The molecule has 0 aromatic heterocycles. The summed E-state index contributed by atoms with van der Waals surface area (Å²) in [4.78, 5) is 12.1. The van der Waals surface area contributed by atoms with Crippen molar-refractivity contribution >= 4 is 44.8 Å². The first kappa shape index (κ1) is 21.5. The lowest BCUT2D eigenvalue weighted by molar-refractivity contribution is -0.121. The van der Waals surface area contributed by atoms with Crippen molar-refractivity contribution in [2.45, 2.75) is 26.3 Å². The van der Waals surface area contributed by atoms with Crippen molar-refractivity contribution in [3.8, 4) is 0 Å². The molecular weight excluding hydrogens is 407 g/mol. The first-order valence-corrected chi connectivity index (χ1v) is 11.0. The lowest BCUT2D eigenvalue weighted by atomic mass is 10.2. The number of rotatable bonds is 8. The maximum atomic E-state index is 12.2. The van der Waals surface area contributed by atoms with Gasteiger partial charge >= 0.3 is 0 Å². The number of hydrogen-bond donors (Lipinski definition) is 1. The molecule has 0 bridgehead atoms. The monoisotopic (exact) mass is 428 g/mol. The van der Waals surface area contributed by atoms with Gasteiger partial charge in [-0.25, -0.2) is 8.42 Å². The number of halogens is 2. The maximum Gasteiger partial charge on any atom is 0.232 e. The molecule has 0 atom stereocenters. The Morgan fingerprint density at radius 3 is 2.41 bits per heavy atom. The van der Waals surface area contributed by atoms with Crippen LogP contribution in [0.1, 0.15) is 24.0 Å². The normalized spacial score (nSPS) is 11.3. The minimum absolute atomic E-state index is 0.161. The van der Waals surface area contributed by atoms with Gasteiger partial charge in [-0.15, -0.1) is 0 Å². The van der Waals surface area contributed by atoms with Crippen molar-refractivity contribution in [1.82, 2.24) is 5.32 Å². The molecule has 0 heterocycles. The van der Waals surface area contributed by atoms with Crippen LogP contribution in [0.3, 0.4) is 0 Å². The number of anilines is 1. The summed E-state index contributed by atoms with van der Waals surface area (Å²) in [5.41, 5.74) is 2.05. The van der Waals surface area contributed by atoms with E-state index in [1.807, 2.05) is 18.2 Å². The zero-order chi connectivity index (χ0) is 20.0. The van der Waals surface area contributed by atoms with Crippen molar-refractivity contribution in [2.24, 2.45) is 0 Å². The molecule has 0 aliphatic heterocycles. The van der Waals surface area contributed by atoms with Crippen LogP contribution >= 0.6 is 23.2 Å². The largest absolute Gasteiger partial charge is 0.352 e. The molecule has 2 aromatic carbocycles. The average molecular weight is 429 g/mol. The van der Waals surface area contributed by atoms with Crippen molar-refractivity contribution in [2.75, 3.05) is 17.1 Å². The average Bonchev–Trinajstić information content (AvgIpc) is 2.60. The van der Waals surface area contributed by atoms with E-state index in [4.69, 9.17) is 23.2 Å². The Bertz CT molecular complexity index is 917. The van der Waals surface area contributed by atoms with Crippen LogP contribution < -0.4 is 9.62 Å². The molecular formula is C19H22Cl2N2O3S. The number of carbonyl (C=O) groups excluding carboxylic acids is 1. The van der Waals surface area contributed by atoms with Crippen molar-refractivity contribution in [1.29, 1.82) is 0 Å². The molecule has 2 rings (SSSR count). The van der Waals surface area contributed by atoms with Gasteiger partial charge in [0.15, 0.2) is 0 Å². The Morgan fingerprint density at radius 2 is 1.74 bits per heavy atom. The van der Waals surface area contributed by atoms with E-state index >= 15 is 0 Å². The number of carbonyl (C=O) groups is 1. The highest BCUT2D eigenvalue weighted by Gasteiger charge is 2.20. The number of hydrogen-bond acceptors (Lipinski definition) is 3. The zero-order valence-electron chi connectivity index (χ0n) is 15.2. The minimum Gasteiger partial charge on any atom is -0.352 e. The van der Waals surface area contributed by atoms with Gasteiger partial charge in [0, 0.05) is 29.6 Å². The van der Waals surface area contributed by atoms with E-state index in [2.05, 4.69) is 5.32 Å². The topological polar surface area (TPSA) is 66.5 Å². The predicted molar refractivity (Wildman–Crippen MR) is 111 cm³/mol. The van der Waals surface area contributed by atoms with Crippen molar-refractivity contribution < 1.29 is 13.2 Å². The minimum atomic E-state index is -3.49. The van der Waals surface area contributed by atoms with Gasteiger partial charge in [-0.2, -0.15) is 0 Å². The lowest BCUT2D eigenvalue weighted by Crippen LogP contribution is -2.32. The third-order valence-electron chi connectivity index (χ3n) is 4.11. The van der Waals surface area contributed by atoms with E-state index in [-0.39, 0.29) is 18.9 Å². The van der Waals surface area contributed by atoms with Crippen LogP contribution in [0.4, 0.5) is 5.69 Å². The van der Waals surface area contributed by atoms with Gasteiger partial charge < -0.3 is 5.32 Å². The van der Waals surface area contributed by atoms with Gasteiger partial charge in [-0.05, 0) is 42.7 Å². The number of benzene rings is 2. The summed E-state index contributed by atoms with van der Waals surface area (Å²) >= 11 is 12.2. The number of amides is 1. The Labute approximate surface area is 170 Å². The second-order valence-corrected chi connectivity index (χ2v) is 8.91. The van der Waals surface area contributed by atoms with Gasteiger partial charge in [-0.1, -0.05) is 47.5 Å². The summed E-state index contributed by atoms with van der Waals surface area (Å²) < 4.78 is 25.7. The Balaban J connectivity index is 1.95. The molecule has 0 unspecified atom stereocenters. The van der Waals surface area contributed by atoms with Crippen molar-refractivity contribution in [3.05, 3.63) is 63.6 Å². The summed E-state index contributed by atoms with van der Waals surface area (Å²) in [5, 5.41) is 3.89. The van der Waals surface area contributed by atoms with Gasteiger partial charge in [-0.3, -0.25) is 9.10 Å². The van der Waals surface area contributed by atoms with Crippen LogP contribution in [0, 0.1) is 6.92 Å². The third-order valence-corrected chi connectivity index (χ3v) is 6.07. The van der Waals surface area contributed by atoms with E-state index in [9.17, 15) is 13.2 Å². The number of sulfonamides is 1. The fraction of sp³-hybridized carbons (Fsp3) is 0.316. The number of nitrogens with one attached hydrogen (secondary N) is 1. The molecule has 0 saturated carbocycles. The number of nitrogens with zero attached hydrogens (tertiary/aromatic N) is 1. The quantitative estimate of drug-likeness (QED) is 0.685. The Kier molecular flexibility index (Phi) is 7.53. The predicted octanol–water partition coefficient (Wildman–Crippen LogP) is 4.16. The molecule has 0 fully saturated rings. The molecule has 1 N–H and O–H groups in total. The van der Waals surface area contributed by atoms with Crippen LogP contribution in [0.2, 0.25) is 10.0 Å². The molecule has 27 heavy (non-hydrogen) atoms. The summed E-state index contributed by atoms with van der Waals surface area (Å²) in [6, 6.07) is 12.4. The highest BCUT2D eigenvalue weighted by atomic mass is 35.5. The van der Waals surface area contributed by atoms with Gasteiger partial charge in [0.25, 0.3) is 0 Å². The molecule has 0 aliphatic rings. The second kappa shape index (κ2) is 9.44. The summed E-state index contributed by atoms with van der Waals surface area (Å²) in [6.07, 6.45) is 1.73. The highest BCUT2D eigenvalue weighted by molar-refractivity contribution is 7.92. The maximum absolute atomic E-state index is 12.2. The lowest BCUT2D eigenvalue weighted by Gasteiger charge is -2.24. The van der Waals surface area contributed by atoms with Crippen LogP contribution in [-0.4, -0.2) is 27.1 Å². The molecule has 2 aromatic rings. The van der Waals surface area contributed by atoms with E-state index in [0.29, 0.717) is 34.3 Å². The van der Waals surface area contributed by atoms with Gasteiger partial charge in [0.05, 0.1) is 11.9 Å². The molecule has 1 amide bonds. The van der Waals surface area contributed by atoms with Gasteiger partial charge in [0.2, 0.25) is 15.9 Å². The van der Waals surface area contributed by atoms with E-state index in [1.54, 1.807) is 31.2 Å². The fourth-order valence-electron chi connectivity index (χ4n) is 2.64. The van der Waals surface area contributed by atoms with Crippen LogP contribution in [-0.2, 0) is 21.4 Å². The molecule has 0 saturated heterocycles. The summed E-state index contributed by atoms with van der Waals surface area (Å²) in [7, 11) is -3.49. The van der Waals surface area contributed by atoms with E-state index < -0.39 is 10.0 Å². The summed E-state index contributed by atoms with van der Waals surface area (Å²) in [5.74, 6) is -0.161. The summed E-state index contributed by atoms with van der Waals surface area (Å²) in [6.45, 7) is 2.30. The fourth-order valence-corrected chi connectivity index (χ4v) is 4.03. The standard InChI is InChI=1S/C19H22Cl2N2O3S/c1-14-16(20)9-5-10-18(14)23(27(2,25)26)12-6-11-19(24)22-13-15-7-3-4-8-17(15)21/h3-5,7-10H,6,11-13H2,1-2H3,(H,22,24). The second-order valence-electron chi connectivity index (χ2n) is 6.19. The Morgan fingerprint density at radius 1 is 1.07 bits per heavy atom. The third kappa shape index (κ3) is 6.13. The van der Waals surface area contributed by atoms with Gasteiger partial charge in [0.1, 0.15) is 0 Å². The van der Waals surface area contributed by atoms with Crippen LogP contribution in [0.15, 0.2) is 42.5 Å². The Hall–Kier alpha value is -1.76. The van der Waals surface area contributed by atoms with Crippen LogP contribution in [0.5, 0.6) is 0 Å². The first-order chi connectivity index (χ1) is 12.7. The SMILES string of the molecule is Cc1c(Cl)cccc1N(CCCC(=O)NCc1ccccc1Cl)S(C)(=O)=O. The smallest absolute Gasteiger partial charge is 0.232 e. The highest BCUT2D eigenvalue weighted by Crippen LogP contribution is 2.28.